The van der Waals surface area contributed by atoms with E-state index in [1.807, 2.05) is 48.7 Å². The van der Waals surface area contributed by atoms with E-state index < -0.39 is 11.8 Å². The number of rotatable bonds is 8. The van der Waals surface area contributed by atoms with Gasteiger partial charge in [-0.25, -0.2) is 5.48 Å². The summed E-state index contributed by atoms with van der Waals surface area (Å²) in [5, 5.41) is 11.9. The number of unbranched alkanes of at least 4 members (excludes halogenated alkanes) is 2. The normalized spacial score (nSPS) is 10.8. The maximum absolute atomic E-state index is 13.0. The van der Waals surface area contributed by atoms with Gasteiger partial charge in [-0.1, -0.05) is 36.2 Å². The van der Waals surface area contributed by atoms with Gasteiger partial charge in [-0.05, 0) is 50.5 Å². The van der Waals surface area contributed by atoms with Crippen LogP contribution in [0.4, 0.5) is 5.69 Å². The van der Waals surface area contributed by atoms with Crippen molar-refractivity contribution in [1.29, 1.82) is 0 Å². The fourth-order valence-electron chi connectivity index (χ4n) is 3.64. The smallest absolute Gasteiger partial charge is 0.261 e. The van der Waals surface area contributed by atoms with Crippen molar-refractivity contribution in [3.05, 3.63) is 75.6 Å². The van der Waals surface area contributed by atoms with Crippen molar-refractivity contribution >= 4 is 28.4 Å². The average Bonchev–Trinajstić information content (AvgIpc) is 2.76. The lowest BCUT2D eigenvalue weighted by Crippen LogP contribution is -2.24. The summed E-state index contributed by atoms with van der Waals surface area (Å²) in [4.78, 5) is 37.1. The molecule has 1 heterocycles. The number of carbonyl (C=O) groups is 2. The molecule has 0 bridgehead atoms. The lowest BCUT2D eigenvalue weighted by molar-refractivity contribution is -0.129. The Labute approximate surface area is 180 Å². The van der Waals surface area contributed by atoms with Crippen LogP contribution in [0.2, 0.25) is 0 Å². The molecular formula is C24H27N3O4. The maximum atomic E-state index is 13.0. The van der Waals surface area contributed by atoms with E-state index in [2.05, 4.69) is 5.32 Å². The zero-order valence-corrected chi connectivity index (χ0v) is 17.8. The second-order valence-corrected chi connectivity index (χ2v) is 7.70. The Hall–Kier alpha value is -3.45. The van der Waals surface area contributed by atoms with Crippen molar-refractivity contribution in [3.63, 3.8) is 0 Å². The molecule has 0 saturated heterocycles. The van der Waals surface area contributed by atoms with E-state index in [9.17, 15) is 14.4 Å². The highest BCUT2D eigenvalue weighted by atomic mass is 16.5. The molecule has 0 radical (unpaired) electrons. The summed E-state index contributed by atoms with van der Waals surface area (Å²) < 4.78 is 1.92. The molecule has 0 spiro atoms. The molecule has 0 unspecified atom stereocenters. The molecule has 1 aromatic heterocycles. The zero-order chi connectivity index (χ0) is 22.4. The fraction of sp³-hybridized carbons (Fsp3) is 0.292. The Balaban J connectivity index is 1.84. The third kappa shape index (κ3) is 5.38. The lowest BCUT2D eigenvalue weighted by atomic mass is 10.1. The van der Waals surface area contributed by atoms with Crippen LogP contribution in [0.15, 0.2) is 53.5 Å². The summed E-state index contributed by atoms with van der Waals surface area (Å²) >= 11 is 0. The van der Waals surface area contributed by atoms with Gasteiger partial charge in [0.15, 0.2) is 0 Å². The summed E-state index contributed by atoms with van der Waals surface area (Å²) in [7, 11) is 0. The molecule has 0 atom stereocenters. The number of nitrogens with zero attached hydrogens (tertiary/aromatic N) is 1. The van der Waals surface area contributed by atoms with Crippen molar-refractivity contribution in [2.75, 3.05) is 5.32 Å². The van der Waals surface area contributed by atoms with Gasteiger partial charge in [-0.2, -0.15) is 0 Å². The number of anilines is 1. The number of para-hydroxylation sites is 1. The van der Waals surface area contributed by atoms with Gasteiger partial charge in [-0.15, -0.1) is 0 Å². The van der Waals surface area contributed by atoms with Crippen LogP contribution in [0.5, 0.6) is 0 Å². The molecule has 3 aromatic rings. The second-order valence-electron chi connectivity index (χ2n) is 7.70. The topological polar surface area (TPSA) is 100 Å². The molecule has 3 rings (SSSR count). The predicted octanol–water partition coefficient (Wildman–Crippen LogP) is 3.94. The first kappa shape index (κ1) is 22.2. The minimum absolute atomic E-state index is 0.0957. The molecule has 0 fully saturated rings. The van der Waals surface area contributed by atoms with Crippen LogP contribution in [-0.4, -0.2) is 21.6 Å². The quantitative estimate of drug-likeness (QED) is 0.291. The van der Waals surface area contributed by atoms with E-state index >= 15 is 0 Å². The molecule has 31 heavy (non-hydrogen) atoms. The highest BCUT2D eigenvalue weighted by Crippen LogP contribution is 2.18. The van der Waals surface area contributed by atoms with Crippen molar-refractivity contribution < 1.29 is 14.8 Å². The number of carbonyl (C=O) groups excluding carboxylic acids is 2. The number of hydrogen-bond acceptors (Lipinski definition) is 4. The SMILES string of the molecule is Cc1ccc(NC(=O)c2cn(CCCCCC(=O)NO)c3ccccc3c2=O)c(C)c1. The number of pyridine rings is 1. The van der Waals surface area contributed by atoms with Gasteiger partial charge in [0.1, 0.15) is 5.56 Å². The molecule has 0 aliphatic heterocycles. The maximum Gasteiger partial charge on any atom is 0.261 e. The van der Waals surface area contributed by atoms with E-state index in [0.29, 0.717) is 24.0 Å². The molecule has 2 amide bonds. The van der Waals surface area contributed by atoms with Crippen LogP contribution in [0, 0.1) is 13.8 Å². The molecule has 3 N–H and O–H groups in total. The molecule has 0 saturated carbocycles. The average molecular weight is 421 g/mol. The van der Waals surface area contributed by atoms with E-state index in [-0.39, 0.29) is 17.4 Å². The lowest BCUT2D eigenvalue weighted by Gasteiger charge is -2.14. The summed E-state index contributed by atoms with van der Waals surface area (Å²) in [5.41, 5.74) is 4.90. The van der Waals surface area contributed by atoms with E-state index in [1.165, 1.54) is 0 Å². The number of aromatic nitrogens is 1. The second kappa shape index (κ2) is 10.0. The monoisotopic (exact) mass is 421 g/mol. The minimum Gasteiger partial charge on any atom is -0.346 e. The standard InChI is InChI=1S/C24H27N3O4/c1-16-11-12-20(17(2)14-16)25-24(30)19-15-27(13-7-3-4-10-22(28)26-31)21-9-6-5-8-18(21)23(19)29/h5-6,8-9,11-12,14-15,31H,3-4,7,10,13H2,1-2H3,(H,25,30)(H,26,28). The van der Waals surface area contributed by atoms with Gasteiger partial charge < -0.3 is 9.88 Å². The Morgan fingerprint density at radius 3 is 2.55 bits per heavy atom. The van der Waals surface area contributed by atoms with Crippen molar-refractivity contribution in [3.8, 4) is 0 Å². The van der Waals surface area contributed by atoms with E-state index in [4.69, 9.17) is 5.21 Å². The molecule has 2 aromatic carbocycles. The Kier molecular flexibility index (Phi) is 7.20. The van der Waals surface area contributed by atoms with E-state index in [1.54, 1.807) is 23.8 Å². The van der Waals surface area contributed by atoms with Gasteiger partial charge in [0, 0.05) is 30.2 Å². The van der Waals surface area contributed by atoms with Gasteiger partial charge in [0.25, 0.3) is 5.91 Å². The van der Waals surface area contributed by atoms with Crippen LogP contribution in [0.25, 0.3) is 10.9 Å². The van der Waals surface area contributed by atoms with Gasteiger partial charge in [0.05, 0.1) is 5.52 Å². The van der Waals surface area contributed by atoms with Gasteiger partial charge in [0.2, 0.25) is 11.3 Å². The third-order valence-corrected chi connectivity index (χ3v) is 5.29. The minimum atomic E-state index is -0.434. The largest absolute Gasteiger partial charge is 0.346 e. The highest BCUT2D eigenvalue weighted by Gasteiger charge is 2.16. The number of hydrogen-bond donors (Lipinski definition) is 3. The predicted molar refractivity (Wildman–Crippen MR) is 120 cm³/mol. The molecule has 0 aliphatic rings. The molecule has 7 heteroatoms. The van der Waals surface area contributed by atoms with Crippen molar-refractivity contribution in [2.24, 2.45) is 0 Å². The van der Waals surface area contributed by atoms with E-state index in [0.717, 1.165) is 29.5 Å². The van der Waals surface area contributed by atoms with Crippen molar-refractivity contribution in [2.45, 2.75) is 46.1 Å². The summed E-state index contributed by atoms with van der Waals surface area (Å²) in [6.45, 7) is 4.50. The van der Waals surface area contributed by atoms with Crippen LogP contribution < -0.4 is 16.2 Å². The highest BCUT2D eigenvalue weighted by molar-refractivity contribution is 6.06. The molecule has 7 nitrogen and oxygen atoms in total. The van der Waals surface area contributed by atoms with Crippen molar-refractivity contribution in [1.82, 2.24) is 10.0 Å². The molecule has 162 valence electrons. The number of fused-ring (bicyclic) bond motifs is 1. The van der Waals surface area contributed by atoms with Crippen LogP contribution >= 0.6 is 0 Å². The zero-order valence-electron chi connectivity index (χ0n) is 17.8. The van der Waals surface area contributed by atoms with Gasteiger partial charge >= 0.3 is 0 Å². The number of amides is 2. The summed E-state index contributed by atoms with van der Waals surface area (Å²) in [6.07, 6.45) is 4.06. The number of benzene rings is 2. The Bertz CT molecular complexity index is 1170. The first-order valence-electron chi connectivity index (χ1n) is 10.3. The fourth-order valence-corrected chi connectivity index (χ4v) is 3.64. The first-order chi connectivity index (χ1) is 14.9. The molecule has 0 aliphatic carbocycles. The van der Waals surface area contributed by atoms with Crippen LogP contribution in [-0.2, 0) is 11.3 Å². The van der Waals surface area contributed by atoms with Crippen LogP contribution in [0.3, 0.4) is 0 Å². The number of nitrogens with one attached hydrogen (secondary N) is 2. The first-order valence-corrected chi connectivity index (χ1v) is 10.3. The third-order valence-electron chi connectivity index (χ3n) is 5.29. The number of hydroxylamine groups is 1. The Morgan fingerprint density at radius 1 is 1.03 bits per heavy atom. The summed E-state index contributed by atoms with van der Waals surface area (Å²) in [5.74, 6) is -0.838. The van der Waals surface area contributed by atoms with Crippen LogP contribution in [0.1, 0.15) is 47.2 Å². The summed E-state index contributed by atoms with van der Waals surface area (Å²) in [6, 6.07) is 13.0. The Morgan fingerprint density at radius 2 is 1.81 bits per heavy atom. The number of aryl methyl sites for hydroxylation is 3. The van der Waals surface area contributed by atoms with Gasteiger partial charge in [-0.3, -0.25) is 19.6 Å². The molecular weight excluding hydrogens is 394 g/mol.